The summed E-state index contributed by atoms with van der Waals surface area (Å²) < 4.78 is 0. The van der Waals surface area contributed by atoms with Gasteiger partial charge in [0.25, 0.3) is 0 Å². The van der Waals surface area contributed by atoms with Crippen LogP contribution in [0.5, 0.6) is 0 Å². The third kappa shape index (κ3) is 6.63. The van der Waals surface area contributed by atoms with Gasteiger partial charge in [0.1, 0.15) is 6.29 Å². The molecule has 1 aliphatic rings. The summed E-state index contributed by atoms with van der Waals surface area (Å²) >= 11 is 0. The number of piperidine rings is 1. The lowest BCUT2D eigenvalue weighted by molar-refractivity contribution is -0.110. The molecule has 0 aromatic carbocycles. The van der Waals surface area contributed by atoms with Crippen molar-refractivity contribution < 1.29 is 4.79 Å². The maximum Gasteiger partial charge on any atom is 0.122 e. The lowest BCUT2D eigenvalue weighted by atomic mass is 9.99. The van der Waals surface area contributed by atoms with Gasteiger partial charge in [-0.15, -0.1) is 0 Å². The van der Waals surface area contributed by atoms with Crippen molar-refractivity contribution in [2.24, 2.45) is 5.92 Å². The molecule has 3 nitrogen and oxygen atoms in total. The molecule has 1 fully saturated rings. The van der Waals surface area contributed by atoms with Crippen molar-refractivity contribution in [3.63, 3.8) is 0 Å². The van der Waals surface area contributed by atoms with Crippen LogP contribution in [-0.4, -0.2) is 43.9 Å². The molecule has 1 rings (SSSR count). The molecule has 0 bridgehead atoms. The van der Waals surface area contributed by atoms with Gasteiger partial charge >= 0.3 is 0 Å². The van der Waals surface area contributed by atoms with Crippen LogP contribution in [0.15, 0.2) is 0 Å². The number of rotatable bonds is 2. The molecule has 1 heterocycles. The van der Waals surface area contributed by atoms with Crippen LogP contribution < -0.4 is 5.32 Å². The Morgan fingerprint density at radius 1 is 1.47 bits per heavy atom. The van der Waals surface area contributed by atoms with Gasteiger partial charge in [0.05, 0.1) is 0 Å². The van der Waals surface area contributed by atoms with E-state index in [9.17, 15) is 4.79 Å². The highest BCUT2D eigenvalue weighted by Gasteiger charge is 2.20. The van der Waals surface area contributed by atoms with Crippen molar-refractivity contribution in [1.82, 2.24) is 10.2 Å². The number of nitrogens with one attached hydrogen (secondary N) is 1. The highest BCUT2D eigenvalue weighted by atomic mass is 16.1. The standard InChI is InChI=1S/C8H18N2.C4H8O/c1-7-6-8(9-2)4-5-10(7)3;1-4(2)3-5/h7-9H,4-6H2,1-3H3;3-4H,1-2H3. The number of nitrogens with zero attached hydrogens (tertiary/aromatic N) is 1. The van der Waals surface area contributed by atoms with Gasteiger partial charge in [-0.25, -0.2) is 0 Å². The van der Waals surface area contributed by atoms with E-state index in [1.165, 1.54) is 19.4 Å². The quantitative estimate of drug-likeness (QED) is 0.708. The maximum atomic E-state index is 9.50. The number of likely N-dealkylation sites (tertiary alicyclic amines) is 1. The Morgan fingerprint density at radius 2 is 2.00 bits per heavy atom. The van der Waals surface area contributed by atoms with E-state index in [0.29, 0.717) is 0 Å². The lowest BCUT2D eigenvalue weighted by Gasteiger charge is -2.34. The van der Waals surface area contributed by atoms with E-state index in [-0.39, 0.29) is 5.92 Å². The Labute approximate surface area is 94.2 Å². The van der Waals surface area contributed by atoms with Crippen molar-refractivity contribution >= 4 is 6.29 Å². The second-order valence-electron chi connectivity index (χ2n) is 4.72. The number of hydrogen-bond acceptors (Lipinski definition) is 3. The number of aldehydes is 1. The Balaban J connectivity index is 0.000000336. The first-order valence-electron chi connectivity index (χ1n) is 5.84. The molecule has 0 saturated carbocycles. The molecule has 0 amide bonds. The first-order valence-corrected chi connectivity index (χ1v) is 5.84. The van der Waals surface area contributed by atoms with Crippen LogP contribution in [0, 0.1) is 5.92 Å². The first-order chi connectivity index (χ1) is 7.01. The second kappa shape index (κ2) is 7.83. The minimum atomic E-state index is 0.204. The summed E-state index contributed by atoms with van der Waals surface area (Å²) in [4.78, 5) is 11.9. The van der Waals surface area contributed by atoms with E-state index in [1.807, 2.05) is 13.8 Å². The fourth-order valence-electron chi connectivity index (χ4n) is 1.55. The van der Waals surface area contributed by atoms with E-state index in [0.717, 1.165) is 18.4 Å². The van der Waals surface area contributed by atoms with Gasteiger partial charge in [-0.2, -0.15) is 0 Å². The molecule has 90 valence electrons. The predicted octanol–water partition coefficient (Wildman–Crippen LogP) is 1.53. The van der Waals surface area contributed by atoms with Crippen LogP contribution >= 0.6 is 0 Å². The van der Waals surface area contributed by atoms with Crippen molar-refractivity contribution in [3.8, 4) is 0 Å². The lowest BCUT2D eigenvalue weighted by Crippen LogP contribution is -2.44. The van der Waals surface area contributed by atoms with Gasteiger partial charge in [-0.3, -0.25) is 0 Å². The smallest absolute Gasteiger partial charge is 0.122 e. The summed E-state index contributed by atoms with van der Waals surface area (Å²) in [5, 5.41) is 3.33. The monoisotopic (exact) mass is 214 g/mol. The largest absolute Gasteiger partial charge is 0.317 e. The Morgan fingerprint density at radius 3 is 2.33 bits per heavy atom. The van der Waals surface area contributed by atoms with Crippen LogP contribution in [-0.2, 0) is 4.79 Å². The van der Waals surface area contributed by atoms with Crippen molar-refractivity contribution in [2.45, 2.75) is 45.7 Å². The fourth-order valence-corrected chi connectivity index (χ4v) is 1.55. The molecule has 0 aliphatic carbocycles. The fraction of sp³-hybridized carbons (Fsp3) is 0.917. The molecule has 0 aromatic heterocycles. The van der Waals surface area contributed by atoms with Gasteiger partial charge in [0.2, 0.25) is 0 Å². The third-order valence-electron chi connectivity index (χ3n) is 2.89. The van der Waals surface area contributed by atoms with E-state index in [1.54, 1.807) is 0 Å². The molecule has 2 atom stereocenters. The topological polar surface area (TPSA) is 32.3 Å². The molecule has 15 heavy (non-hydrogen) atoms. The molecule has 3 heteroatoms. The van der Waals surface area contributed by atoms with E-state index >= 15 is 0 Å². The molecular formula is C12H26N2O. The van der Waals surface area contributed by atoms with Gasteiger partial charge in [0, 0.05) is 18.0 Å². The highest BCUT2D eigenvalue weighted by molar-refractivity contribution is 5.51. The summed E-state index contributed by atoms with van der Waals surface area (Å²) in [6, 6.07) is 1.51. The number of hydrogen-bond donors (Lipinski definition) is 1. The second-order valence-corrected chi connectivity index (χ2v) is 4.72. The summed E-state index contributed by atoms with van der Waals surface area (Å²) in [5.41, 5.74) is 0. The minimum absolute atomic E-state index is 0.204. The normalized spacial score (nSPS) is 27.1. The molecule has 1 N–H and O–H groups in total. The van der Waals surface area contributed by atoms with E-state index in [4.69, 9.17) is 0 Å². The average molecular weight is 214 g/mol. The average Bonchev–Trinajstić information content (AvgIpc) is 2.23. The number of carbonyl (C=O) groups is 1. The van der Waals surface area contributed by atoms with Gasteiger partial charge < -0.3 is 15.0 Å². The third-order valence-corrected chi connectivity index (χ3v) is 2.89. The first kappa shape index (κ1) is 14.6. The molecule has 2 unspecified atom stereocenters. The summed E-state index contributed by atoms with van der Waals surface area (Å²) in [5.74, 6) is 0.204. The number of carbonyl (C=O) groups excluding carboxylic acids is 1. The van der Waals surface area contributed by atoms with E-state index in [2.05, 4.69) is 31.2 Å². The zero-order valence-corrected chi connectivity index (χ0v) is 10.8. The zero-order valence-electron chi connectivity index (χ0n) is 10.8. The van der Waals surface area contributed by atoms with Crippen LogP contribution in [0.1, 0.15) is 33.6 Å². The highest BCUT2D eigenvalue weighted by Crippen LogP contribution is 2.14. The van der Waals surface area contributed by atoms with Gasteiger partial charge in [-0.1, -0.05) is 13.8 Å². The predicted molar refractivity (Wildman–Crippen MR) is 65.1 cm³/mol. The van der Waals surface area contributed by atoms with Crippen LogP contribution in [0.25, 0.3) is 0 Å². The molecule has 1 saturated heterocycles. The molecule has 1 aliphatic heterocycles. The van der Waals surface area contributed by atoms with Gasteiger partial charge in [0.15, 0.2) is 0 Å². The Kier molecular flexibility index (Phi) is 7.61. The molecular weight excluding hydrogens is 188 g/mol. The molecule has 0 radical (unpaired) electrons. The van der Waals surface area contributed by atoms with Crippen LogP contribution in [0.4, 0.5) is 0 Å². The SMILES string of the molecule is CC(C)C=O.CNC1CCN(C)C(C)C1. The van der Waals surface area contributed by atoms with Crippen molar-refractivity contribution in [3.05, 3.63) is 0 Å². The van der Waals surface area contributed by atoms with Crippen LogP contribution in [0.2, 0.25) is 0 Å². The van der Waals surface area contributed by atoms with Crippen LogP contribution in [0.3, 0.4) is 0 Å². The summed E-state index contributed by atoms with van der Waals surface area (Å²) in [6.45, 7) is 7.25. The minimum Gasteiger partial charge on any atom is -0.317 e. The maximum absolute atomic E-state index is 9.50. The zero-order chi connectivity index (χ0) is 11.8. The summed E-state index contributed by atoms with van der Waals surface area (Å²) in [7, 11) is 4.26. The Hall–Kier alpha value is -0.410. The summed E-state index contributed by atoms with van der Waals surface area (Å²) in [6.07, 6.45) is 3.52. The van der Waals surface area contributed by atoms with E-state index < -0.39 is 0 Å². The van der Waals surface area contributed by atoms with Crippen molar-refractivity contribution in [1.29, 1.82) is 0 Å². The molecule has 0 spiro atoms. The molecule has 0 aromatic rings. The van der Waals surface area contributed by atoms with Crippen molar-refractivity contribution in [2.75, 3.05) is 20.6 Å². The Bertz CT molecular complexity index is 171. The van der Waals surface area contributed by atoms with Gasteiger partial charge in [-0.05, 0) is 40.4 Å².